The Bertz CT molecular complexity index is 426. The van der Waals surface area contributed by atoms with Crippen molar-refractivity contribution in [1.29, 1.82) is 0 Å². The van der Waals surface area contributed by atoms with Crippen LogP contribution in [0.5, 0.6) is 11.5 Å². The number of carboxylic acid groups (broad SMARTS) is 1. The monoisotopic (exact) mass is 250 g/mol. The first kappa shape index (κ1) is 14.1. The van der Waals surface area contributed by atoms with E-state index in [1.54, 1.807) is 18.2 Å². The maximum atomic E-state index is 10.8. The zero-order valence-electron chi connectivity index (χ0n) is 10.7. The van der Waals surface area contributed by atoms with E-state index in [0.717, 1.165) is 11.3 Å². The van der Waals surface area contributed by atoms with Crippen molar-refractivity contribution in [2.75, 3.05) is 6.61 Å². The summed E-state index contributed by atoms with van der Waals surface area (Å²) < 4.78 is 10.8. The SMILES string of the molecule is C=CCc1cc(OCC)ccc1OC(C)C(=O)O. The minimum Gasteiger partial charge on any atom is -0.494 e. The lowest BCUT2D eigenvalue weighted by atomic mass is 10.1. The van der Waals surface area contributed by atoms with Crippen molar-refractivity contribution in [3.63, 3.8) is 0 Å². The largest absolute Gasteiger partial charge is 0.494 e. The van der Waals surface area contributed by atoms with Crippen molar-refractivity contribution in [2.24, 2.45) is 0 Å². The number of carboxylic acids is 1. The van der Waals surface area contributed by atoms with Crippen molar-refractivity contribution in [1.82, 2.24) is 0 Å². The molecule has 98 valence electrons. The molecule has 1 rings (SSSR count). The fourth-order valence-corrected chi connectivity index (χ4v) is 1.48. The van der Waals surface area contributed by atoms with E-state index in [0.29, 0.717) is 18.8 Å². The van der Waals surface area contributed by atoms with Crippen LogP contribution in [-0.4, -0.2) is 23.8 Å². The van der Waals surface area contributed by atoms with Gasteiger partial charge in [-0.05, 0) is 38.5 Å². The summed E-state index contributed by atoms with van der Waals surface area (Å²) in [6, 6.07) is 5.33. The Kier molecular flexibility index (Phi) is 5.24. The molecule has 0 aromatic heterocycles. The topological polar surface area (TPSA) is 55.8 Å². The molecule has 1 N–H and O–H groups in total. The molecule has 0 aliphatic carbocycles. The molecule has 0 fully saturated rings. The van der Waals surface area contributed by atoms with Crippen LogP contribution in [0.25, 0.3) is 0 Å². The van der Waals surface area contributed by atoms with E-state index in [1.807, 2.05) is 13.0 Å². The molecule has 1 atom stereocenters. The van der Waals surface area contributed by atoms with E-state index >= 15 is 0 Å². The van der Waals surface area contributed by atoms with Gasteiger partial charge < -0.3 is 14.6 Å². The standard InChI is InChI=1S/C14H18O4/c1-4-6-11-9-12(17-5-2)7-8-13(11)18-10(3)14(15)16/h4,7-10H,1,5-6H2,2-3H3,(H,15,16). The van der Waals surface area contributed by atoms with Gasteiger partial charge in [0.05, 0.1) is 6.61 Å². The van der Waals surface area contributed by atoms with Gasteiger partial charge in [-0.3, -0.25) is 0 Å². The molecule has 0 bridgehead atoms. The van der Waals surface area contributed by atoms with Crippen LogP contribution in [-0.2, 0) is 11.2 Å². The first-order valence-corrected chi connectivity index (χ1v) is 5.84. The van der Waals surface area contributed by atoms with Gasteiger partial charge in [-0.25, -0.2) is 4.79 Å². The molecule has 4 nitrogen and oxygen atoms in total. The maximum Gasteiger partial charge on any atom is 0.344 e. The van der Waals surface area contributed by atoms with Crippen LogP contribution >= 0.6 is 0 Å². The molecule has 0 saturated carbocycles. The highest BCUT2D eigenvalue weighted by molar-refractivity contribution is 5.72. The summed E-state index contributed by atoms with van der Waals surface area (Å²) in [5.74, 6) is 0.298. The van der Waals surface area contributed by atoms with Gasteiger partial charge in [-0.15, -0.1) is 6.58 Å². The molecule has 0 aliphatic rings. The van der Waals surface area contributed by atoms with Gasteiger partial charge >= 0.3 is 5.97 Å². The Morgan fingerprint density at radius 2 is 2.28 bits per heavy atom. The Morgan fingerprint density at radius 1 is 1.56 bits per heavy atom. The minimum absolute atomic E-state index is 0.549. The van der Waals surface area contributed by atoms with Crippen LogP contribution < -0.4 is 9.47 Å². The molecule has 0 amide bonds. The number of hydrogen-bond acceptors (Lipinski definition) is 3. The van der Waals surface area contributed by atoms with Gasteiger partial charge in [-0.1, -0.05) is 6.08 Å². The average molecular weight is 250 g/mol. The maximum absolute atomic E-state index is 10.8. The number of benzene rings is 1. The molecule has 0 spiro atoms. The van der Waals surface area contributed by atoms with E-state index < -0.39 is 12.1 Å². The van der Waals surface area contributed by atoms with Crippen molar-refractivity contribution in [2.45, 2.75) is 26.4 Å². The van der Waals surface area contributed by atoms with Gasteiger partial charge in [0.25, 0.3) is 0 Å². The second kappa shape index (κ2) is 6.69. The second-order valence-corrected chi connectivity index (χ2v) is 3.79. The quantitative estimate of drug-likeness (QED) is 0.756. The first-order valence-electron chi connectivity index (χ1n) is 5.84. The van der Waals surface area contributed by atoms with Crippen LogP contribution in [0, 0.1) is 0 Å². The Balaban J connectivity index is 2.95. The van der Waals surface area contributed by atoms with Gasteiger partial charge in [0.2, 0.25) is 0 Å². The highest BCUT2D eigenvalue weighted by Crippen LogP contribution is 2.26. The number of ether oxygens (including phenoxy) is 2. The van der Waals surface area contributed by atoms with Gasteiger partial charge in [0.15, 0.2) is 6.10 Å². The number of hydrogen-bond donors (Lipinski definition) is 1. The molecule has 0 radical (unpaired) electrons. The summed E-state index contributed by atoms with van der Waals surface area (Å²) in [4.78, 5) is 10.8. The molecule has 1 unspecified atom stereocenters. The fourth-order valence-electron chi connectivity index (χ4n) is 1.48. The Labute approximate surface area is 107 Å². The van der Waals surface area contributed by atoms with Gasteiger partial charge in [0, 0.05) is 5.56 Å². The summed E-state index contributed by atoms with van der Waals surface area (Å²) in [5, 5.41) is 8.83. The number of allylic oxidation sites excluding steroid dienone is 1. The van der Waals surface area contributed by atoms with Gasteiger partial charge in [0.1, 0.15) is 11.5 Å². The predicted molar refractivity (Wildman–Crippen MR) is 69.2 cm³/mol. The number of rotatable bonds is 7. The molecule has 0 aliphatic heterocycles. The summed E-state index contributed by atoms with van der Waals surface area (Å²) in [6.45, 7) is 7.66. The van der Waals surface area contributed by atoms with E-state index in [9.17, 15) is 4.79 Å². The normalized spacial score (nSPS) is 11.7. The van der Waals surface area contributed by atoms with E-state index in [1.165, 1.54) is 6.92 Å². The minimum atomic E-state index is -0.992. The predicted octanol–water partition coefficient (Wildman–Crippen LogP) is 2.67. The highest BCUT2D eigenvalue weighted by atomic mass is 16.5. The highest BCUT2D eigenvalue weighted by Gasteiger charge is 2.14. The number of aliphatic carboxylic acids is 1. The second-order valence-electron chi connectivity index (χ2n) is 3.79. The third-order valence-corrected chi connectivity index (χ3v) is 2.36. The molecule has 18 heavy (non-hydrogen) atoms. The Morgan fingerprint density at radius 3 is 2.83 bits per heavy atom. The molecular formula is C14H18O4. The lowest BCUT2D eigenvalue weighted by Gasteiger charge is -2.15. The third kappa shape index (κ3) is 3.80. The van der Waals surface area contributed by atoms with Crippen LogP contribution in [0.3, 0.4) is 0 Å². The van der Waals surface area contributed by atoms with E-state index in [-0.39, 0.29) is 0 Å². The summed E-state index contributed by atoms with van der Waals surface area (Å²) in [6.07, 6.45) is 1.46. The summed E-state index contributed by atoms with van der Waals surface area (Å²) in [5.41, 5.74) is 0.865. The molecule has 1 aromatic rings. The van der Waals surface area contributed by atoms with Crippen LogP contribution in [0.2, 0.25) is 0 Å². The Hall–Kier alpha value is -1.97. The summed E-state index contributed by atoms with van der Waals surface area (Å²) >= 11 is 0. The fraction of sp³-hybridized carbons (Fsp3) is 0.357. The third-order valence-electron chi connectivity index (χ3n) is 2.36. The molecule has 0 heterocycles. The lowest BCUT2D eigenvalue weighted by molar-refractivity contribution is -0.144. The summed E-state index contributed by atoms with van der Waals surface area (Å²) in [7, 11) is 0. The first-order chi connectivity index (χ1) is 8.58. The molecule has 1 aromatic carbocycles. The van der Waals surface area contributed by atoms with Crippen molar-refractivity contribution in [3.8, 4) is 11.5 Å². The van der Waals surface area contributed by atoms with Crippen molar-refractivity contribution in [3.05, 3.63) is 36.4 Å². The van der Waals surface area contributed by atoms with Crippen LogP contribution in [0.1, 0.15) is 19.4 Å². The smallest absolute Gasteiger partial charge is 0.344 e. The molecular weight excluding hydrogens is 232 g/mol. The van der Waals surface area contributed by atoms with Gasteiger partial charge in [-0.2, -0.15) is 0 Å². The lowest BCUT2D eigenvalue weighted by Crippen LogP contribution is -2.23. The number of carbonyl (C=O) groups is 1. The molecule has 4 heteroatoms. The van der Waals surface area contributed by atoms with E-state index in [2.05, 4.69) is 6.58 Å². The molecule has 0 saturated heterocycles. The van der Waals surface area contributed by atoms with Crippen LogP contribution in [0.15, 0.2) is 30.9 Å². The zero-order valence-corrected chi connectivity index (χ0v) is 10.7. The zero-order chi connectivity index (χ0) is 13.5. The van der Waals surface area contributed by atoms with Crippen molar-refractivity contribution >= 4 is 5.97 Å². The van der Waals surface area contributed by atoms with Crippen LogP contribution in [0.4, 0.5) is 0 Å². The van der Waals surface area contributed by atoms with E-state index in [4.69, 9.17) is 14.6 Å². The van der Waals surface area contributed by atoms with Crippen molar-refractivity contribution < 1.29 is 19.4 Å². The average Bonchev–Trinajstić information content (AvgIpc) is 2.33.